The summed E-state index contributed by atoms with van der Waals surface area (Å²) >= 11 is 0. The van der Waals surface area contributed by atoms with Gasteiger partial charge in [0.25, 0.3) is 0 Å². The highest BCUT2D eigenvalue weighted by atomic mass is 16.6. The summed E-state index contributed by atoms with van der Waals surface area (Å²) in [6.45, 7) is 6.35. The third-order valence-electron chi connectivity index (χ3n) is 13.8. The van der Waals surface area contributed by atoms with Gasteiger partial charge in [-0.3, -0.25) is 14.4 Å². The molecule has 0 aromatic heterocycles. The van der Waals surface area contributed by atoms with Crippen LogP contribution in [-0.2, 0) is 28.6 Å². The smallest absolute Gasteiger partial charge is 0.306 e. The third-order valence-corrected chi connectivity index (χ3v) is 13.8. The molecule has 0 bridgehead atoms. The number of carbonyl (C=O) groups is 3. The predicted molar refractivity (Wildman–Crippen MR) is 357 cm³/mol. The second kappa shape index (κ2) is 68.5. The number of hydrogen-bond donors (Lipinski definition) is 0. The number of allylic oxidation sites excluding steroid dienone is 26. The fourth-order valence-corrected chi connectivity index (χ4v) is 8.86. The van der Waals surface area contributed by atoms with Crippen molar-refractivity contribution in [2.24, 2.45) is 0 Å². The average molecular weight is 1130 g/mol. The number of carbonyl (C=O) groups excluding carboxylic acids is 3. The van der Waals surface area contributed by atoms with E-state index in [-0.39, 0.29) is 31.6 Å². The Morgan fingerprint density at radius 1 is 0.256 bits per heavy atom. The van der Waals surface area contributed by atoms with Crippen molar-refractivity contribution in [2.45, 2.75) is 290 Å². The lowest BCUT2D eigenvalue weighted by molar-refractivity contribution is -0.166. The molecule has 0 N–H and O–H groups in total. The number of ether oxygens (including phenoxy) is 3. The molecule has 0 spiro atoms. The molecule has 0 aromatic carbocycles. The van der Waals surface area contributed by atoms with Crippen molar-refractivity contribution in [2.75, 3.05) is 13.2 Å². The van der Waals surface area contributed by atoms with Gasteiger partial charge >= 0.3 is 17.9 Å². The Bertz CT molecular complexity index is 1830. The van der Waals surface area contributed by atoms with E-state index in [1.165, 1.54) is 96.3 Å². The van der Waals surface area contributed by atoms with Crippen LogP contribution >= 0.6 is 0 Å². The average Bonchev–Trinajstić information content (AvgIpc) is 3.47. The molecule has 0 saturated heterocycles. The SMILES string of the molecule is CC/C=C\C/C=C\C/C=C\C/C=C\C/C=C\C/C=C\C/C=C\CCCCCCCC(=O)OCC(COC(=O)CCCCCCCCCCCCCCCCCCCC)OC(=O)CC/C=C\C/C=C\C/C=C\C/C=C\C/C=C\C/C=C\CC. The van der Waals surface area contributed by atoms with E-state index in [0.717, 1.165) is 141 Å². The summed E-state index contributed by atoms with van der Waals surface area (Å²) in [5.74, 6) is -1.02. The molecule has 0 saturated carbocycles. The number of hydrogen-bond acceptors (Lipinski definition) is 6. The van der Waals surface area contributed by atoms with Crippen molar-refractivity contribution in [1.82, 2.24) is 0 Å². The van der Waals surface area contributed by atoms with E-state index in [0.29, 0.717) is 19.3 Å². The van der Waals surface area contributed by atoms with Crippen molar-refractivity contribution in [3.8, 4) is 0 Å². The Morgan fingerprint density at radius 2 is 0.500 bits per heavy atom. The van der Waals surface area contributed by atoms with Gasteiger partial charge < -0.3 is 14.2 Å². The monoisotopic (exact) mass is 1130 g/mol. The van der Waals surface area contributed by atoms with Crippen LogP contribution in [0.1, 0.15) is 284 Å². The van der Waals surface area contributed by atoms with Gasteiger partial charge in [0.2, 0.25) is 0 Å². The molecule has 0 fully saturated rings. The summed E-state index contributed by atoms with van der Waals surface area (Å²) in [7, 11) is 0. The Balaban J connectivity index is 4.52. The van der Waals surface area contributed by atoms with Gasteiger partial charge in [0.15, 0.2) is 6.10 Å². The van der Waals surface area contributed by atoms with Crippen molar-refractivity contribution >= 4 is 17.9 Å². The summed E-state index contributed by atoms with van der Waals surface area (Å²) in [6.07, 6.45) is 99.8. The molecular weight excluding hydrogens is 1010 g/mol. The third kappa shape index (κ3) is 65.8. The molecule has 6 heteroatoms. The van der Waals surface area contributed by atoms with Crippen molar-refractivity contribution < 1.29 is 28.6 Å². The lowest BCUT2D eigenvalue weighted by Gasteiger charge is -2.18. The number of rotatable bonds is 59. The second-order valence-corrected chi connectivity index (χ2v) is 21.6. The van der Waals surface area contributed by atoms with Crippen LogP contribution in [0.2, 0.25) is 0 Å². The maximum atomic E-state index is 12.9. The van der Waals surface area contributed by atoms with Crippen LogP contribution < -0.4 is 0 Å². The lowest BCUT2D eigenvalue weighted by Crippen LogP contribution is -2.30. The molecule has 0 amide bonds. The van der Waals surface area contributed by atoms with Crippen LogP contribution in [-0.4, -0.2) is 37.2 Å². The van der Waals surface area contributed by atoms with Gasteiger partial charge in [0, 0.05) is 19.3 Å². The maximum absolute atomic E-state index is 12.9. The first-order valence-electron chi connectivity index (χ1n) is 33.5. The molecule has 462 valence electrons. The van der Waals surface area contributed by atoms with Crippen molar-refractivity contribution in [3.05, 3.63) is 158 Å². The zero-order valence-corrected chi connectivity index (χ0v) is 52.9. The number of unbranched alkanes of at least 4 members (excludes halogenated alkanes) is 22. The number of esters is 3. The van der Waals surface area contributed by atoms with Crippen LogP contribution in [0.3, 0.4) is 0 Å². The summed E-state index contributed by atoms with van der Waals surface area (Å²) in [6, 6.07) is 0. The summed E-state index contributed by atoms with van der Waals surface area (Å²) in [5, 5.41) is 0. The molecule has 0 radical (unpaired) electrons. The molecule has 0 aliphatic carbocycles. The van der Waals surface area contributed by atoms with Crippen LogP contribution in [0.15, 0.2) is 158 Å². The van der Waals surface area contributed by atoms with Gasteiger partial charge in [-0.05, 0) is 116 Å². The minimum Gasteiger partial charge on any atom is -0.462 e. The van der Waals surface area contributed by atoms with E-state index in [2.05, 4.69) is 173 Å². The van der Waals surface area contributed by atoms with Crippen LogP contribution in [0.25, 0.3) is 0 Å². The normalized spacial score (nSPS) is 13.2. The highest BCUT2D eigenvalue weighted by Crippen LogP contribution is 2.16. The molecular formula is C76H122O6. The Hall–Kier alpha value is -4.97. The predicted octanol–water partition coefficient (Wildman–Crippen LogP) is 23.3. The standard InChI is InChI=1S/C76H122O6/c1-4-7-10-13-16-19-22-25-28-31-34-35-36-37-38-39-40-41-43-45-48-51-54-57-60-63-66-69-75(78)81-72-73(71-80-74(77)68-65-62-59-56-53-50-47-44-33-30-27-24-21-18-15-12-9-6-3)82-76(79)70-67-64-61-58-55-52-49-46-42-32-29-26-23-20-17-14-11-8-5-2/h7-8,10-11,16-17,19-20,25-26,28-29,34-35,37-38,40-42,45-46,48,52,55,61,64,73H,4-6,9,12-15,18,21-24,27,30-33,36,39,43-44,47,49-51,53-54,56-60,62-63,65-72H2,1-3H3/b10-7-,11-8-,19-16-,20-17-,28-25-,29-26-,35-34-,38-37-,41-40-,46-42-,48-45-,55-52-,64-61-. The van der Waals surface area contributed by atoms with Gasteiger partial charge in [-0.2, -0.15) is 0 Å². The van der Waals surface area contributed by atoms with Crippen molar-refractivity contribution in [3.63, 3.8) is 0 Å². The van der Waals surface area contributed by atoms with Crippen LogP contribution in [0.5, 0.6) is 0 Å². The molecule has 6 nitrogen and oxygen atoms in total. The Labute approximate surface area is 505 Å². The van der Waals surface area contributed by atoms with Crippen molar-refractivity contribution in [1.29, 1.82) is 0 Å². The minimum absolute atomic E-state index is 0.118. The van der Waals surface area contributed by atoms with Gasteiger partial charge in [-0.15, -0.1) is 0 Å². The van der Waals surface area contributed by atoms with E-state index in [4.69, 9.17) is 14.2 Å². The van der Waals surface area contributed by atoms with Gasteiger partial charge in [-0.25, -0.2) is 0 Å². The highest BCUT2D eigenvalue weighted by molar-refractivity contribution is 5.71. The van der Waals surface area contributed by atoms with E-state index >= 15 is 0 Å². The molecule has 0 aliphatic heterocycles. The quantitative estimate of drug-likeness (QED) is 0.0261. The topological polar surface area (TPSA) is 78.9 Å². The van der Waals surface area contributed by atoms with Gasteiger partial charge in [-0.1, -0.05) is 307 Å². The van der Waals surface area contributed by atoms with E-state index in [1.54, 1.807) is 0 Å². The molecule has 0 aromatic rings. The molecule has 82 heavy (non-hydrogen) atoms. The maximum Gasteiger partial charge on any atom is 0.306 e. The fourth-order valence-electron chi connectivity index (χ4n) is 8.86. The first-order valence-corrected chi connectivity index (χ1v) is 33.5. The van der Waals surface area contributed by atoms with E-state index in [9.17, 15) is 14.4 Å². The van der Waals surface area contributed by atoms with Crippen LogP contribution in [0, 0.1) is 0 Å². The van der Waals surface area contributed by atoms with Gasteiger partial charge in [0.05, 0.1) is 0 Å². The van der Waals surface area contributed by atoms with Crippen LogP contribution in [0.4, 0.5) is 0 Å². The molecule has 0 rings (SSSR count). The fraction of sp³-hybridized carbons (Fsp3) is 0.618. The summed E-state index contributed by atoms with van der Waals surface area (Å²) < 4.78 is 16.9. The van der Waals surface area contributed by atoms with E-state index in [1.807, 2.05) is 6.08 Å². The zero-order valence-electron chi connectivity index (χ0n) is 52.9. The first-order chi connectivity index (χ1) is 40.5. The molecule has 1 unspecified atom stereocenters. The van der Waals surface area contributed by atoms with Gasteiger partial charge in [0.1, 0.15) is 13.2 Å². The summed E-state index contributed by atoms with van der Waals surface area (Å²) in [4.78, 5) is 38.4. The first kappa shape index (κ1) is 77.0. The summed E-state index contributed by atoms with van der Waals surface area (Å²) in [5.41, 5.74) is 0. The molecule has 0 aliphatic rings. The lowest BCUT2D eigenvalue weighted by atomic mass is 10.0. The highest BCUT2D eigenvalue weighted by Gasteiger charge is 2.19. The zero-order chi connectivity index (χ0) is 59.2. The Morgan fingerprint density at radius 3 is 0.793 bits per heavy atom. The van der Waals surface area contributed by atoms with E-state index < -0.39 is 12.1 Å². The largest absolute Gasteiger partial charge is 0.462 e. The molecule has 0 heterocycles. The second-order valence-electron chi connectivity index (χ2n) is 21.6. The molecule has 1 atom stereocenters. The Kier molecular flexibility index (Phi) is 64.4. The minimum atomic E-state index is -0.835.